The Morgan fingerprint density at radius 1 is 1.47 bits per heavy atom. The van der Waals surface area contributed by atoms with Crippen LogP contribution in [0.25, 0.3) is 0 Å². The van der Waals surface area contributed by atoms with E-state index in [0.29, 0.717) is 6.04 Å². The van der Waals surface area contributed by atoms with Crippen molar-refractivity contribution in [2.75, 3.05) is 20.1 Å². The zero-order valence-corrected chi connectivity index (χ0v) is 13.4. The fraction of sp³-hybridized carbons (Fsp3) is 0.750. The number of hydrogen-bond acceptors (Lipinski definition) is 3. The molecular formula is C16H28N2S. The van der Waals surface area contributed by atoms with Crippen molar-refractivity contribution in [3.63, 3.8) is 0 Å². The molecule has 1 fully saturated rings. The standard InChI is InChI=1S/C16H28N2S/c1-13-6-4-7-15(12-13)17-9-10-18(3)14(2)16-8-5-11-19-16/h5,8,11,13-15,17H,4,6-7,9-10,12H2,1-3H3. The first-order valence-electron chi connectivity index (χ1n) is 7.64. The van der Waals surface area contributed by atoms with Crippen LogP contribution in [-0.2, 0) is 0 Å². The van der Waals surface area contributed by atoms with Gasteiger partial charge >= 0.3 is 0 Å². The smallest absolute Gasteiger partial charge is 0.0410 e. The molecular weight excluding hydrogens is 252 g/mol. The summed E-state index contributed by atoms with van der Waals surface area (Å²) >= 11 is 1.86. The molecule has 3 unspecified atom stereocenters. The third-order valence-corrected chi connectivity index (χ3v) is 5.49. The van der Waals surface area contributed by atoms with Gasteiger partial charge in [0.25, 0.3) is 0 Å². The third kappa shape index (κ3) is 4.59. The second kappa shape index (κ2) is 7.41. The first kappa shape index (κ1) is 15.0. The zero-order chi connectivity index (χ0) is 13.7. The zero-order valence-electron chi connectivity index (χ0n) is 12.6. The summed E-state index contributed by atoms with van der Waals surface area (Å²) in [4.78, 5) is 3.92. The lowest BCUT2D eigenvalue weighted by Crippen LogP contribution is -2.38. The molecule has 1 heterocycles. The summed E-state index contributed by atoms with van der Waals surface area (Å²) in [5.41, 5.74) is 0. The Labute approximate surface area is 122 Å². The molecule has 1 aromatic heterocycles. The van der Waals surface area contributed by atoms with Crippen LogP contribution in [0.4, 0.5) is 0 Å². The van der Waals surface area contributed by atoms with Crippen LogP contribution in [0.2, 0.25) is 0 Å². The molecule has 19 heavy (non-hydrogen) atoms. The van der Waals surface area contributed by atoms with Gasteiger partial charge in [0.15, 0.2) is 0 Å². The van der Waals surface area contributed by atoms with E-state index in [1.54, 1.807) is 0 Å². The molecule has 1 aliphatic carbocycles. The van der Waals surface area contributed by atoms with Gasteiger partial charge in [-0.25, -0.2) is 0 Å². The lowest BCUT2D eigenvalue weighted by molar-refractivity contribution is 0.244. The van der Waals surface area contributed by atoms with Crippen LogP contribution in [0.3, 0.4) is 0 Å². The fourth-order valence-corrected chi connectivity index (χ4v) is 3.85. The predicted molar refractivity (Wildman–Crippen MR) is 84.8 cm³/mol. The minimum absolute atomic E-state index is 0.534. The van der Waals surface area contributed by atoms with Crippen molar-refractivity contribution in [1.82, 2.24) is 10.2 Å². The maximum atomic E-state index is 3.74. The molecule has 3 heteroatoms. The molecule has 0 bridgehead atoms. The first-order valence-corrected chi connectivity index (χ1v) is 8.52. The highest BCUT2D eigenvalue weighted by Gasteiger charge is 2.18. The van der Waals surface area contributed by atoms with Crippen LogP contribution in [0.15, 0.2) is 17.5 Å². The van der Waals surface area contributed by atoms with Crippen LogP contribution >= 0.6 is 11.3 Å². The highest BCUT2D eigenvalue weighted by atomic mass is 32.1. The largest absolute Gasteiger partial charge is 0.313 e. The number of thiophene rings is 1. The summed E-state index contributed by atoms with van der Waals surface area (Å²) < 4.78 is 0. The lowest BCUT2D eigenvalue weighted by atomic mass is 9.87. The minimum Gasteiger partial charge on any atom is -0.313 e. The average molecular weight is 280 g/mol. The number of hydrogen-bond donors (Lipinski definition) is 1. The van der Waals surface area contributed by atoms with Gasteiger partial charge in [-0.1, -0.05) is 25.8 Å². The van der Waals surface area contributed by atoms with Gasteiger partial charge in [0.2, 0.25) is 0 Å². The van der Waals surface area contributed by atoms with Gasteiger partial charge in [-0.2, -0.15) is 0 Å². The van der Waals surface area contributed by atoms with E-state index in [1.807, 2.05) is 11.3 Å². The van der Waals surface area contributed by atoms with E-state index < -0.39 is 0 Å². The van der Waals surface area contributed by atoms with Crippen molar-refractivity contribution in [2.24, 2.45) is 5.92 Å². The normalized spacial score (nSPS) is 25.7. The van der Waals surface area contributed by atoms with Gasteiger partial charge in [0, 0.05) is 30.1 Å². The van der Waals surface area contributed by atoms with E-state index >= 15 is 0 Å². The number of likely N-dealkylation sites (N-methyl/N-ethyl adjacent to an activating group) is 1. The van der Waals surface area contributed by atoms with Gasteiger partial charge in [0.1, 0.15) is 0 Å². The molecule has 0 amide bonds. The minimum atomic E-state index is 0.534. The van der Waals surface area contributed by atoms with E-state index in [1.165, 1.54) is 30.6 Å². The highest BCUT2D eigenvalue weighted by molar-refractivity contribution is 7.10. The molecule has 1 aliphatic rings. The summed E-state index contributed by atoms with van der Waals surface area (Å²) in [6.07, 6.45) is 5.56. The predicted octanol–water partition coefficient (Wildman–Crippen LogP) is 3.91. The Morgan fingerprint density at radius 2 is 2.32 bits per heavy atom. The highest BCUT2D eigenvalue weighted by Crippen LogP contribution is 2.24. The van der Waals surface area contributed by atoms with Crippen LogP contribution in [0.1, 0.15) is 50.4 Å². The summed E-state index contributed by atoms with van der Waals surface area (Å²) in [6.45, 7) is 6.93. The molecule has 1 N–H and O–H groups in total. The number of nitrogens with one attached hydrogen (secondary N) is 1. The van der Waals surface area contributed by atoms with E-state index in [2.05, 4.69) is 48.6 Å². The molecule has 0 spiro atoms. The van der Waals surface area contributed by atoms with Gasteiger partial charge in [0.05, 0.1) is 0 Å². The Hall–Kier alpha value is -0.380. The SMILES string of the molecule is CC1CCCC(NCCN(C)C(C)c2cccs2)C1. The molecule has 2 rings (SSSR count). The summed E-state index contributed by atoms with van der Waals surface area (Å²) in [7, 11) is 2.23. The van der Waals surface area contributed by atoms with Crippen molar-refractivity contribution in [1.29, 1.82) is 0 Å². The maximum absolute atomic E-state index is 3.74. The van der Waals surface area contributed by atoms with E-state index in [9.17, 15) is 0 Å². The maximum Gasteiger partial charge on any atom is 0.0410 e. The summed E-state index contributed by atoms with van der Waals surface area (Å²) in [5, 5.41) is 5.91. The van der Waals surface area contributed by atoms with Crippen LogP contribution in [-0.4, -0.2) is 31.1 Å². The van der Waals surface area contributed by atoms with Crippen LogP contribution in [0.5, 0.6) is 0 Å². The summed E-state index contributed by atoms with van der Waals surface area (Å²) in [5.74, 6) is 0.911. The van der Waals surface area contributed by atoms with Crippen molar-refractivity contribution in [3.8, 4) is 0 Å². The molecule has 0 aromatic carbocycles. The molecule has 1 saturated carbocycles. The molecule has 0 radical (unpaired) electrons. The molecule has 2 nitrogen and oxygen atoms in total. The van der Waals surface area contributed by atoms with Crippen molar-refractivity contribution in [2.45, 2.75) is 51.6 Å². The van der Waals surface area contributed by atoms with E-state index in [-0.39, 0.29) is 0 Å². The van der Waals surface area contributed by atoms with Crippen LogP contribution in [0, 0.1) is 5.92 Å². The van der Waals surface area contributed by atoms with Gasteiger partial charge in [-0.05, 0) is 44.2 Å². The second-order valence-electron chi connectivity index (χ2n) is 6.09. The third-order valence-electron chi connectivity index (χ3n) is 4.45. The topological polar surface area (TPSA) is 15.3 Å². The van der Waals surface area contributed by atoms with Gasteiger partial charge in [-0.15, -0.1) is 11.3 Å². The van der Waals surface area contributed by atoms with Gasteiger partial charge in [-0.3, -0.25) is 4.90 Å². The van der Waals surface area contributed by atoms with E-state index in [0.717, 1.165) is 25.0 Å². The number of rotatable bonds is 6. The monoisotopic (exact) mass is 280 g/mol. The van der Waals surface area contributed by atoms with Crippen molar-refractivity contribution in [3.05, 3.63) is 22.4 Å². The Balaban J connectivity index is 1.67. The van der Waals surface area contributed by atoms with Gasteiger partial charge < -0.3 is 5.32 Å². The molecule has 0 aliphatic heterocycles. The lowest BCUT2D eigenvalue weighted by Gasteiger charge is -2.29. The second-order valence-corrected chi connectivity index (χ2v) is 7.07. The molecule has 3 atom stereocenters. The Morgan fingerprint density at radius 3 is 3.00 bits per heavy atom. The summed E-state index contributed by atoms with van der Waals surface area (Å²) in [6, 6.07) is 5.68. The number of nitrogens with zero attached hydrogens (tertiary/aromatic N) is 1. The fourth-order valence-electron chi connectivity index (χ4n) is 3.00. The average Bonchev–Trinajstić information content (AvgIpc) is 2.91. The molecule has 1 aromatic rings. The van der Waals surface area contributed by atoms with E-state index in [4.69, 9.17) is 0 Å². The van der Waals surface area contributed by atoms with Crippen LogP contribution < -0.4 is 5.32 Å². The molecule has 0 saturated heterocycles. The Kier molecular flexibility index (Phi) is 5.86. The Bertz CT molecular complexity index is 350. The van der Waals surface area contributed by atoms with Crippen molar-refractivity contribution < 1.29 is 0 Å². The quantitative estimate of drug-likeness (QED) is 0.850. The molecule has 108 valence electrons. The van der Waals surface area contributed by atoms with Crippen molar-refractivity contribution >= 4 is 11.3 Å². The first-order chi connectivity index (χ1) is 9.16.